The largest absolute Gasteiger partial charge is 0.346 e. The molecule has 0 saturated heterocycles. The number of halogens is 1. The molecule has 14 heavy (non-hydrogen) atoms. The van der Waals surface area contributed by atoms with Crippen LogP contribution in [0.2, 0.25) is 5.02 Å². The molecule has 1 unspecified atom stereocenters. The summed E-state index contributed by atoms with van der Waals surface area (Å²) in [4.78, 5) is 4.15. The number of quaternary nitrogens is 1. The summed E-state index contributed by atoms with van der Waals surface area (Å²) in [5.74, 6) is 0. The van der Waals surface area contributed by atoms with E-state index >= 15 is 0 Å². The van der Waals surface area contributed by atoms with Crippen LogP contribution in [0.4, 0.5) is 5.69 Å². The standard InChI is InChI=1S/C10H12ClN2O/c11-9-3-1-2-4-10(9)13(8-14)6-5-12-7-13/h1-4,7,14H,5-6,8H2/q+1. The predicted octanol–water partition coefficient (Wildman–Crippen LogP) is 1.64. The van der Waals surface area contributed by atoms with Crippen LogP contribution in [0.25, 0.3) is 0 Å². The topological polar surface area (TPSA) is 32.6 Å². The van der Waals surface area contributed by atoms with Crippen molar-refractivity contribution < 1.29 is 5.11 Å². The molecule has 0 fully saturated rings. The zero-order valence-electron chi connectivity index (χ0n) is 7.73. The van der Waals surface area contributed by atoms with Crippen LogP contribution in [0.5, 0.6) is 0 Å². The Hall–Kier alpha value is -0.900. The lowest BCUT2D eigenvalue weighted by atomic mass is 10.2. The van der Waals surface area contributed by atoms with E-state index in [0.717, 1.165) is 18.8 Å². The summed E-state index contributed by atoms with van der Waals surface area (Å²) in [5.41, 5.74) is 0.915. The molecular formula is C10H12ClN2O+. The molecule has 1 aliphatic rings. The van der Waals surface area contributed by atoms with Gasteiger partial charge in [-0.1, -0.05) is 23.7 Å². The van der Waals surface area contributed by atoms with E-state index < -0.39 is 0 Å². The monoisotopic (exact) mass is 211 g/mol. The molecule has 4 heteroatoms. The van der Waals surface area contributed by atoms with Crippen LogP contribution in [0, 0.1) is 0 Å². The number of benzene rings is 1. The highest BCUT2D eigenvalue weighted by atomic mass is 35.5. The Morgan fingerprint density at radius 2 is 2.21 bits per heavy atom. The molecule has 1 aromatic carbocycles. The van der Waals surface area contributed by atoms with E-state index in [9.17, 15) is 5.11 Å². The maximum absolute atomic E-state index is 9.42. The fourth-order valence-corrected chi connectivity index (χ4v) is 1.99. The van der Waals surface area contributed by atoms with E-state index in [2.05, 4.69) is 4.99 Å². The summed E-state index contributed by atoms with van der Waals surface area (Å²) < 4.78 is 0.347. The number of aliphatic hydroxyl groups excluding tert-OH is 1. The molecule has 3 nitrogen and oxygen atoms in total. The minimum absolute atomic E-state index is 0.00718. The molecule has 0 amide bonds. The summed E-state index contributed by atoms with van der Waals surface area (Å²) in [6.45, 7) is 1.53. The Morgan fingerprint density at radius 3 is 2.79 bits per heavy atom. The van der Waals surface area contributed by atoms with Gasteiger partial charge in [0.05, 0.1) is 6.54 Å². The Morgan fingerprint density at radius 1 is 1.43 bits per heavy atom. The second-order valence-corrected chi connectivity index (χ2v) is 3.78. The van der Waals surface area contributed by atoms with Crippen LogP contribution in [0.3, 0.4) is 0 Å². The number of para-hydroxylation sites is 1. The molecule has 0 saturated carbocycles. The lowest BCUT2D eigenvalue weighted by molar-refractivity contribution is 0.184. The van der Waals surface area contributed by atoms with Crippen molar-refractivity contribution in [2.75, 3.05) is 19.8 Å². The van der Waals surface area contributed by atoms with Gasteiger partial charge in [0.15, 0.2) is 18.8 Å². The fourth-order valence-electron chi connectivity index (χ4n) is 1.69. The molecule has 0 aromatic heterocycles. The van der Waals surface area contributed by atoms with E-state index in [1.54, 1.807) is 6.34 Å². The van der Waals surface area contributed by atoms with Gasteiger partial charge in [0.1, 0.15) is 11.6 Å². The highest BCUT2D eigenvalue weighted by Gasteiger charge is 2.33. The van der Waals surface area contributed by atoms with Crippen LogP contribution >= 0.6 is 11.6 Å². The van der Waals surface area contributed by atoms with E-state index in [-0.39, 0.29) is 6.73 Å². The van der Waals surface area contributed by atoms with Gasteiger partial charge in [0, 0.05) is 6.07 Å². The lowest BCUT2D eigenvalue weighted by Crippen LogP contribution is -2.47. The van der Waals surface area contributed by atoms with Crippen molar-refractivity contribution in [2.24, 2.45) is 4.99 Å². The molecule has 0 radical (unpaired) electrons. The van der Waals surface area contributed by atoms with E-state index in [1.165, 1.54) is 0 Å². The number of nitrogens with zero attached hydrogens (tertiary/aromatic N) is 2. The van der Waals surface area contributed by atoms with Gasteiger partial charge in [-0.15, -0.1) is 0 Å². The summed E-state index contributed by atoms with van der Waals surface area (Å²) >= 11 is 6.08. The van der Waals surface area contributed by atoms with Gasteiger partial charge in [-0.2, -0.15) is 0 Å². The maximum atomic E-state index is 9.42. The average molecular weight is 212 g/mol. The third-order valence-corrected chi connectivity index (χ3v) is 2.83. The van der Waals surface area contributed by atoms with Gasteiger partial charge < -0.3 is 5.11 Å². The van der Waals surface area contributed by atoms with E-state index in [1.807, 2.05) is 24.3 Å². The van der Waals surface area contributed by atoms with Crippen molar-refractivity contribution in [3.8, 4) is 0 Å². The first kappa shape index (κ1) is 9.65. The summed E-state index contributed by atoms with van der Waals surface area (Å²) in [7, 11) is 0. The second kappa shape index (κ2) is 3.69. The highest BCUT2D eigenvalue weighted by molar-refractivity contribution is 6.33. The SMILES string of the molecule is OC[N+]1(c2ccccc2Cl)C=NCC1. The van der Waals surface area contributed by atoms with Crippen molar-refractivity contribution in [3.05, 3.63) is 29.3 Å². The molecule has 0 aliphatic carbocycles. The average Bonchev–Trinajstić information content (AvgIpc) is 2.68. The molecule has 74 valence electrons. The second-order valence-electron chi connectivity index (χ2n) is 3.37. The van der Waals surface area contributed by atoms with E-state index in [4.69, 9.17) is 11.6 Å². The normalized spacial score (nSPS) is 25.6. The molecule has 1 atom stereocenters. The molecule has 1 heterocycles. The van der Waals surface area contributed by atoms with Gasteiger partial charge >= 0.3 is 0 Å². The van der Waals surface area contributed by atoms with E-state index in [0.29, 0.717) is 9.51 Å². The first-order chi connectivity index (χ1) is 6.78. The zero-order valence-corrected chi connectivity index (χ0v) is 8.48. The highest BCUT2D eigenvalue weighted by Crippen LogP contribution is 2.30. The smallest absolute Gasteiger partial charge is 0.192 e. The number of rotatable bonds is 2. The maximum Gasteiger partial charge on any atom is 0.192 e. The van der Waals surface area contributed by atoms with Gasteiger partial charge in [-0.05, 0) is 6.07 Å². The van der Waals surface area contributed by atoms with Crippen LogP contribution in [0.1, 0.15) is 0 Å². The van der Waals surface area contributed by atoms with Crippen LogP contribution < -0.4 is 4.48 Å². The third kappa shape index (κ3) is 1.43. The molecule has 1 aromatic rings. The number of hydrogen-bond donors (Lipinski definition) is 1. The van der Waals surface area contributed by atoms with Crippen molar-refractivity contribution >= 4 is 23.6 Å². The Kier molecular flexibility index (Phi) is 2.54. The third-order valence-electron chi connectivity index (χ3n) is 2.52. The molecule has 0 bridgehead atoms. The van der Waals surface area contributed by atoms with Crippen LogP contribution in [-0.4, -0.2) is 31.3 Å². The van der Waals surface area contributed by atoms with Crippen molar-refractivity contribution in [1.29, 1.82) is 0 Å². The summed E-state index contributed by atoms with van der Waals surface area (Å²) in [5, 5.41) is 10.1. The Labute approximate surface area is 87.8 Å². The lowest BCUT2D eigenvalue weighted by Gasteiger charge is -2.27. The zero-order chi connectivity index (χ0) is 10.0. The molecular weight excluding hydrogens is 200 g/mol. The Balaban J connectivity index is 2.46. The summed E-state index contributed by atoms with van der Waals surface area (Å²) in [6.07, 6.45) is 1.77. The molecule has 0 spiro atoms. The quantitative estimate of drug-likeness (QED) is 0.742. The van der Waals surface area contributed by atoms with Gasteiger partial charge in [-0.25, -0.2) is 9.48 Å². The van der Waals surface area contributed by atoms with Crippen LogP contribution in [-0.2, 0) is 0 Å². The number of aliphatic imine (C=N–C) groups is 1. The number of aliphatic hydroxyl groups is 1. The molecule has 1 aliphatic heterocycles. The first-order valence-electron chi connectivity index (χ1n) is 4.52. The van der Waals surface area contributed by atoms with Crippen LogP contribution in [0.15, 0.2) is 29.3 Å². The number of hydrogen-bond acceptors (Lipinski definition) is 2. The van der Waals surface area contributed by atoms with Crippen molar-refractivity contribution in [3.63, 3.8) is 0 Å². The molecule has 1 N–H and O–H groups in total. The summed E-state index contributed by atoms with van der Waals surface area (Å²) in [6, 6.07) is 7.56. The Bertz CT molecular complexity index is 367. The minimum atomic E-state index is 0.00718. The fraction of sp³-hybridized carbons (Fsp3) is 0.300. The van der Waals surface area contributed by atoms with Gasteiger partial charge in [0.2, 0.25) is 0 Å². The first-order valence-corrected chi connectivity index (χ1v) is 4.90. The minimum Gasteiger partial charge on any atom is -0.346 e. The van der Waals surface area contributed by atoms with Gasteiger partial charge in [-0.3, -0.25) is 0 Å². The van der Waals surface area contributed by atoms with Crippen molar-refractivity contribution in [1.82, 2.24) is 4.48 Å². The van der Waals surface area contributed by atoms with Gasteiger partial charge in [0.25, 0.3) is 0 Å². The molecule has 2 rings (SSSR count). The van der Waals surface area contributed by atoms with Crippen molar-refractivity contribution in [2.45, 2.75) is 0 Å². The predicted molar refractivity (Wildman–Crippen MR) is 58.6 cm³/mol.